The molecule has 3 rings (SSSR count). The molecule has 4 nitrogen and oxygen atoms in total. The number of amides is 1. The van der Waals surface area contributed by atoms with Crippen molar-refractivity contribution in [2.24, 2.45) is 5.92 Å². The fourth-order valence-electron chi connectivity index (χ4n) is 2.48. The van der Waals surface area contributed by atoms with Crippen molar-refractivity contribution in [3.8, 4) is 0 Å². The van der Waals surface area contributed by atoms with Crippen molar-refractivity contribution in [2.45, 2.75) is 31.9 Å². The van der Waals surface area contributed by atoms with Crippen molar-refractivity contribution < 1.29 is 4.79 Å². The summed E-state index contributed by atoms with van der Waals surface area (Å²) in [5.41, 5.74) is 2.18. The highest BCUT2D eigenvalue weighted by Gasteiger charge is 2.20. The van der Waals surface area contributed by atoms with Gasteiger partial charge in [-0.15, -0.1) is 23.1 Å². The number of anilines is 1. The summed E-state index contributed by atoms with van der Waals surface area (Å²) in [4.78, 5) is 22.1. The van der Waals surface area contributed by atoms with E-state index in [1.54, 1.807) is 29.3 Å². The van der Waals surface area contributed by atoms with Gasteiger partial charge in [0.15, 0.2) is 5.13 Å². The maximum absolute atomic E-state index is 12.0. The molecule has 2 heterocycles. The maximum Gasteiger partial charge on any atom is 0.236 e. The number of fused-ring (bicyclic) bond motifs is 1. The number of carbonyl (C=O) groups excluding carboxylic acids is 1. The standard InChI is InChI=1S/C16H19N3OS2/c1-11-5-6-13-14(8-11)22-16(18-13)19-15(20)10-21-9-12-4-2-3-7-17-12/h2-4,7,11H,5-6,8-10H2,1H3,(H,18,19,20)/t11-/m1/s1. The van der Waals surface area contributed by atoms with Crippen LogP contribution in [0.25, 0.3) is 0 Å². The Kier molecular flexibility index (Phi) is 5.10. The number of thioether (sulfide) groups is 1. The highest BCUT2D eigenvalue weighted by molar-refractivity contribution is 7.99. The Balaban J connectivity index is 1.48. The van der Waals surface area contributed by atoms with Crippen LogP contribution in [0.1, 0.15) is 29.6 Å². The lowest BCUT2D eigenvalue weighted by Gasteiger charge is -2.15. The van der Waals surface area contributed by atoms with E-state index in [9.17, 15) is 4.79 Å². The van der Waals surface area contributed by atoms with Crippen LogP contribution in [-0.2, 0) is 23.4 Å². The zero-order chi connectivity index (χ0) is 15.4. The fourth-order valence-corrected chi connectivity index (χ4v) is 4.41. The second-order valence-corrected chi connectivity index (χ2v) is 7.67. The lowest BCUT2D eigenvalue weighted by Crippen LogP contribution is -2.14. The molecule has 6 heteroatoms. The van der Waals surface area contributed by atoms with Crippen LogP contribution in [0.5, 0.6) is 0 Å². The van der Waals surface area contributed by atoms with E-state index in [2.05, 4.69) is 22.2 Å². The average Bonchev–Trinajstić information content (AvgIpc) is 2.89. The molecule has 2 aromatic rings. The number of nitrogens with one attached hydrogen (secondary N) is 1. The van der Waals surface area contributed by atoms with Gasteiger partial charge < -0.3 is 5.32 Å². The molecule has 1 aliphatic carbocycles. The van der Waals surface area contributed by atoms with E-state index < -0.39 is 0 Å². The van der Waals surface area contributed by atoms with Gasteiger partial charge in [-0.25, -0.2) is 4.98 Å². The largest absolute Gasteiger partial charge is 0.301 e. The first-order chi connectivity index (χ1) is 10.7. The van der Waals surface area contributed by atoms with Crippen molar-refractivity contribution in [3.63, 3.8) is 0 Å². The molecule has 0 spiro atoms. The molecule has 116 valence electrons. The third-order valence-corrected chi connectivity index (χ3v) is 5.64. The van der Waals surface area contributed by atoms with Gasteiger partial charge in [0.1, 0.15) is 0 Å². The Bertz CT molecular complexity index is 642. The topological polar surface area (TPSA) is 54.9 Å². The minimum absolute atomic E-state index is 0.0140. The van der Waals surface area contributed by atoms with Crippen molar-refractivity contribution in [1.82, 2.24) is 9.97 Å². The van der Waals surface area contributed by atoms with Gasteiger partial charge in [0, 0.05) is 16.8 Å². The first kappa shape index (κ1) is 15.5. The van der Waals surface area contributed by atoms with Crippen LogP contribution in [-0.4, -0.2) is 21.6 Å². The second kappa shape index (κ2) is 7.24. The summed E-state index contributed by atoms with van der Waals surface area (Å²) in [6.07, 6.45) is 5.11. The van der Waals surface area contributed by atoms with E-state index in [1.165, 1.54) is 17.0 Å². The van der Waals surface area contributed by atoms with Crippen LogP contribution in [0.15, 0.2) is 24.4 Å². The zero-order valence-electron chi connectivity index (χ0n) is 12.5. The van der Waals surface area contributed by atoms with Crippen molar-refractivity contribution in [1.29, 1.82) is 0 Å². The summed E-state index contributed by atoms with van der Waals surface area (Å²) in [5, 5.41) is 3.68. The molecule has 0 aliphatic heterocycles. The molecule has 0 radical (unpaired) electrons. The molecule has 0 saturated heterocycles. The Labute approximate surface area is 138 Å². The van der Waals surface area contributed by atoms with E-state index in [0.717, 1.165) is 35.3 Å². The first-order valence-electron chi connectivity index (χ1n) is 7.47. The summed E-state index contributed by atoms with van der Waals surface area (Å²) in [7, 11) is 0. The molecule has 0 fully saturated rings. The quantitative estimate of drug-likeness (QED) is 0.909. The van der Waals surface area contributed by atoms with Gasteiger partial charge in [-0.05, 0) is 37.3 Å². The van der Waals surface area contributed by atoms with Gasteiger partial charge >= 0.3 is 0 Å². The number of aryl methyl sites for hydroxylation is 1. The van der Waals surface area contributed by atoms with Crippen LogP contribution < -0.4 is 5.32 Å². The molecular weight excluding hydrogens is 314 g/mol. The Morgan fingerprint density at radius 1 is 1.50 bits per heavy atom. The van der Waals surface area contributed by atoms with Gasteiger partial charge in [0.25, 0.3) is 0 Å². The number of hydrogen-bond acceptors (Lipinski definition) is 5. The number of hydrogen-bond donors (Lipinski definition) is 1. The zero-order valence-corrected chi connectivity index (χ0v) is 14.2. The van der Waals surface area contributed by atoms with Gasteiger partial charge in [0.2, 0.25) is 5.91 Å². The third-order valence-electron chi connectivity index (χ3n) is 3.64. The highest BCUT2D eigenvalue weighted by atomic mass is 32.2. The molecule has 22 heavy (non-hydrogen) atoms. The van der Waals surface area contributed by atoms with E-state index in [1.807, 2.05) is 18.2 Å². The van der Waals surface area contributed by atoms with Crippen LogP contribution in [0.3, 0.4) is 0 Å². The maximum atomic E-state index is 12.0. The van der Waals surface area contributed by atoms with E-state index in [0.29, 0.717) is 5.75 Å². The lowest BCUT2D eigenvalue weighted by molar-refractivity contribution is -0.113. The smallest absolute Gasteiger partial charge is 0.236 e. The number of aromatic nitrogens is 2. The Morgan fingerprint density at radius 3 is 3.23 bits per heavy atom. The SMILES string of the molecule is C[C@@H]1CCc2nc(NC(=O)CSCc3ccccn3)sc2C1. The Hall–Kier alpha value is -1.40. The van der Waals surface area contributed by atoms with E-state index >= 15 is 0 Å². The molecule has 0 aromatic carbocycles. The molecular formula is C16H19N3OS2. The number of nitrogens with zero attached hydrogens (tertiary/aromatic N) is 2. The van der Waals surface area contributed by atoms with Crippen LogP contribution >= 0.6 is 23.1 Å². The van der Waals surface area contributed by atoms with Gasteiger partial charge in [-0.2, -0.15) is 0 Å². The van der Waals surface area contributed by atoms with Crippen molar-refractivity contribution >= 4 is 34.1 Å². The summed E-state index contributed by atoms with van der Waals surface area (Å²) >= 11 is 3.20. The van der Waals surface area contributed by atoms with Crippen LogP contribution in [0, 0.1) is 5.92 Å². The number of carbonyl (C=O) groups is 1. The van der Waals surface area contributed by atoms with E-state index in [-0.39, 0.29) is 5.91 Å². The molecule has 0 unspecified atom stereocenters. The predicted molar refractivity (Wildman–Crippen MR) is 92.3 cm³/mol. The van der Waals surface area contributed by atoms with Gasteiger partial charge in [0.05, 0.1) is 17.1 Å². The van der Waals surface area contributed by atoms with Crippen molar-refractivity contribution in [2.75, 3.05) is 11.1 Å². The van der Waals surface area contributed by atoms with Crippen LogP contribution in [0.2, 0.25) is 0 Å². The highest BCUT2D eigenvalue weighted by Crippen LogP contribution is 2.32. The molecule has 1 atom stereocenters. The average molecular weight is 333 g/mol. The lowest BCUT2D eigenvalue weighted by atomic mass is 9.93. The molecule has 1 N–H and O–H groups in total. The summed E-state index contributed by atoms with van der Waals surface area (Å²) in [5.74, 6) is 1.92. The monoisotopic (exact) mass is 333 g/mol. The molecule has 0 saturated carbocycles. The van der Waals surface area contributed by atoms with E-state index in [4.69, 9.17) is 0 Å². The van der Waals surface area contributed by atoms with Gasteiger partial charge in [-0.1, -0.05) is 13.0 Å². The minimum Gasteiger partial charge on any atom is -0.301 e. The minimum atomic E-state index is 0.0140. The van der Waals surface area contributed by atoms with Crippen molar-refractivity contribution in [3.05, 3.63) is 40.7 Å². The molecule has 2 aromatic heterocycles. The fraction of sp³-hybridized carbons (Fsp3) is 0.438. The predicted octanol–water partition coefficient (Wildman–Crippen LogP) is 3.53. The normalized spacial score (nSPS) is 17.0. The summed E-state index contributed by atoms with van der Waals surface area (Å²) < 4.78 is 0. The number of thiazole rings is 1. The summed E-state index contributed by atoms with van der Waals surface area (Å²) in [6.45, 7) is 2.27. The second-order valence-electron chi connectivity index (χ2n) is 5.60. The molecule has 1 amide bonds. The summed E-state index contributed by atoms with van der Waals surface area (Å²) in [6, 6.07) is 5.83. The number of pyridine rings is 1. The van der Waals surface area contributed by atoms with Crippen LogP contribution in [0.4, 0.5) is 5.13 Å². The first-order valence-corrected chi connectivity index (χ1v) is 9.44. The number of rotatable bonds is 5. The van der Waals surface area contributed by atoms with Gasteiger partial charge in [-0.3, -0.25) is 9.78 Å². The third kappa shape index (κ3) is 4.08. The Morgan fingerprint density at radius 2 is 2.41 bits per heavy atom. The molecule has 0 bridgehead atoms. The molecule has 1 aliphatic rings.